The van der Waals surface area contributed by atoms with Crippen molar-refractivity contribution in [3.8, 4) is 5.75 Å². The summed E-state index contributed by atoms with van der Waals surface area (Å²) in [6.45, 7) is 12.7. The maximum atomic E-state index is 12.5. The van der Waals surface area contributed by atoms with Gasteiger partial charge in [0.05, 0.1) is 0 Å². The zero-order valence-corrected chi connectivity index (χ0v) is 19.8. The Morgan fingerprint density at radius 2 is 1.48 bits per heavy atom. The molecule has 2 aromatic carbocycles. The maximum Gasteiger partial charge on any atom is 0.350 e. The van der Waals surface area contributed by atoms with Crippen LogP contribution in [0.5, 0.6) is 5.75 Å². The van der Waals surface area contributed by atoms with E-state index in [1.54, 1.807) is 38.1 Å². The number of ether oxygens (including phenoxy) is 2. The molecule has 0 aliphatic carbocycles. The van der Waals surface area contributed by atoms with Crippen molar-refractivity contribution >= 4 is 23.5 Å². The first-order valence-electron chi connectivity index (χ1n) is 10.4. The summed E-state index contributed by atoms with van der Waals surface area (Å²) < 4.78 is 11.6. The van der Waals surface area contributed by atoms with Crippen LogP contribution in [0.4, 0.5) is 5.69 Å². The normalized spacial score (nSPS) is 12.0. The van der Waals surface area contributed by atoms with Crippen molar-refractivity contribution < 1.29 is 19.1 Å². The van der Waals surface area contributed by atoms with E-state index >= 15 is 0 Å². The van der Waals surface area contributed by atoms with E-state index in [1.807, 2.05) is 65.9 Å². The Bertz CT molecular complexity index is 956. The average molecular weight is 424 g/mol. The lowest BCUT2D eigenvalue weighted by Gasteiger charge is -2.30. The van der Waals surface area contributed by atoms with Crippen molar-refractivity contribution in [2.24, 2.45) is 0 Å². The van der Waals surface area contributed by atoms with Crippen LogP contribution in [0.2, 0.25) is 0 Å². The number of hydrogen-bond donors (Lipinski definition) is 1. The first-order chi connectivity index (χ1) is 14.3. The van der Waals surface area contributed by atoms with Crippen LogP contribution in [-0.2, 0) is 9.53 Å². The van der Waals surface area contributed by atoms with Gasteiger partial charge in [-0.25, -0.2) is 4.79 Å². The fourth-order valence-corrected chi connectivity index (χ4v) is 3.01. The Morgan fingerprint density at radius 1 is 0.935 bits per heavy atom. The number of aryl methyl sites for hydroxylation is 2. The molecule has 0 atom stereocenters. The Hall–Kier alpha value is -3.08. The molecule has 0 saturated heterocycles. The molecule has 0 aliphatic heterocycles. The van der Waals surface area contributed by atoms with Crippen LogP contribution in [0.1, 0.15) is 61.7 Å². The van der Waals surface area contributed by atoms with E-state index in [0.717, 1.165) is 22.4 Å². The minimum absolute atomic E-state index is 0.0654. The molecular weight excluding hydrogens is 390 g/mol. The number of hydrogen-bond acceptors (Lipinski definition) is 5. The zero-order valence-electron chi connectivity index (χ0n) is 19.8. The molecule has 0 bridgehead atoms. The molecule has 1 N–H and O–H groups in total. The highest BCUT2D eigenvalue weighted by molar-refractivity contribution is 6.07. The topological polar surface area (TPSA) is 64.6 Å². The first-order valence-corrected chi connectivity index (χ1v) is 10.4. The van der Waals surface area contributed by atoms with E-state index in [-0.39, 0.29) is 5.78 Å². The van der Waals surface area contributed by atoms with E-state index in [4.69, 9.17) is 9.47 Å². The Morgan fingerprint density at radius 3 is 1.97 bits per heavy atom. The Kier molecular flexibility index (Phi) is 7.32. The van der Waals surface area contributed by atoms with Crippen LogP contribution in [0.25, 0.3) is 6.08 Å². The molecule has 0 fully saturated rings. The summed E-state index contributed by atoms with van der Waals surface area (Å²) in [4.78, 5) is 25.0. The summed E-state index contributed by atoms with van der Waals surface area (Å²) in [5.74, 6) is 0.156. The number of esters is 1. The smallest absolute Gasteiger partial charge is 0.350 e. The second-order valence-electron chi connectivity index (χ2n) is 9.12. The fraction of sp³-hybridized carbons (Fsp3) is 0.385. The average Bonchev–Trinajstić information content (AvgIpc) is 2.67. The summed E-state index contributed by atoms with van der Waals surface area (Å²) in [5, 5.41) is 3.03. The molecule has 2 aromatic rings. The van der Waals surface area contributed by atoms with Gasteiger partial charge < -0.3 is 14.8 Å². The molecule has 2 rings (SSSR count). The predicted molar refractivity (Wildman–Crippen MR) is 126 cm³/mol. The highest BCUT2D eigenvalue weighted by atomic mass is 16.6. The van der Waals surface area contributed by atoms with Gasteiger partial charge in [-0.15, -0.1) is 0 Å². The van der Waals surface area contributed by atoms with Gasteiger partial charge >= 0.3 is 5.97 Å². The molecule has 0 spiro atoms. The van der Waals surface area contributed by atoms with Crippen LogP contribution in [0.15, 0.2) is 42.5 Å². The lowest BCUT2D eigenvalue weighted by molar-refractivity contribution is -0.171. The van der Waals surface area contributed by atoms with Crippen molar-refractivity contribution in [1.82, 2.24) is 0 Å². The van der Waals surface area contributed by atoms with Crippen LogP contribution < -0.4 is 10.1 Å². The molecular formula is C26H33NO4. The molecule has 166 valence electrons. The zero-order chi connectivity index (χ0) is 23.4. The maximum absolute atomic E-state index is 12.5. The second kappa shape index (κ2) is 9.38. The van der Waals surface area contributed by atoms with Crippen molar-refractivity contribution in [3.63, 3.8) is 0 Å². The molecule has 0 heterocycles. The summed E-state index contributed by atoms with van der Waals surface area (Å²) in [6, 6.07) is 11.2. The van der Waals surface area contributed by atoms with Crippen LogP contribution >= 0.6 is 0 Å². The SMILES string of the molecule is CNc1ccc(C(=O)/C=C/c2cc(C)c(OC(C)(C)C(=O)OC(C)(C)C)c(C)c2)cc1. The third-order valence-electron chi connectivity index (χ3n) is 4.62. The summed E-state index contributed by atoms with van der Waals surface area (Å²) in [6.07, 6.45) is 3.35. The number of carbonyl (C=O) groups is 2. The summed E-state index contributed by atoms with van der Waals surface area (Å²) in [7, 11) is 1.84. The van der Waals surface area contributed by atoms with Gasteiger partial charge in [0.15, 0.2) is 11.4 Å². The van der Waals surface area contributed by atoms with Crippen molar-refractivity contribution in [2.75, 3.05) is 12.4 Å². The Balaban J connectivity index is 2.18. The minimum atomic E-state index is -1.13. The molecule has 0 saturated carbocycles. The molecule has 5 heteroatoms. The van der Waals surface area contributed by atoms with Gasteiger partial charge in [-0.1, -0.05) is 6.08 Å². The molecule has 0 unspecified atom stereocenters. The number of rotatable bonds is 7. The number of carbonyl (C=O) groups excluding carboxylic acids is 2. The molecule has 0 amide bonds. The fourth-order valence-electron chi connectivity index (χ4n) is 3.01. The van der Waals surface area contributed by atoms with E-state index in [1.165, 1.54) is 0 Å². The molecule has 0 aromatic heterocycles. The standard InChI is InChI=1S/C26H33NO4/c1-17-15-19(9-14-22(28)20-10-12-21(27-8)13-11-20)16-18(2)23(17)30-26(6,7)24(29)31-25(3,4)5/h9-16,27H,1-8H3/b14-9+. The highest BCUT2D eigenvalue weighted by Crippen LogP contribution is 2.30. The predicted octanol–water partition coefficient (Wildman–Crippen LogP) is 5.74. The number of anilines is 1. The van der Waals surface area contributed by atoms with E-state index in [2.05, 4.69) is 5.32 Å². The summed E-state index contributed by atoms with van der Waals surface area (Å²) in [5.41, 5.74) is 2.51. The number of benzene rings is 2. The largest absolute Gasteiger partial charge is 0.476 e. The van der Waals surface area contributed by atoms with Crippen LogP contribution in [0, 0.1) is 13.8 Å². The van der Waals surface area contributed by atoms with E-state index < -0.39 is 17.2 Å². The van der Waals surface area contributed by atoms with Gasteiger partial charge in [-0.2, -0.15) is 0 Å². The first kappa shape index (κ1) is 24.2. The van der Waals surface area contributed by atoms with Gasteiger partial charge in [0.2, 0.25) is 0 Å². The molecule has 31 heavy (non-hydrogen) atoms. The Labute approximate surface area is 185 Å². The van der Waals surface area contributed by atoms with Gasteiger partial charge in [0.1, 0.15) is 11.4 Å². The minimum Gasteiger partial charge on any atom is -0.476 e. The third-order valence-corrected chi connectivity index (χ3v) is 4.62. The lowest BCUT2D eigenvalue weighted by Crippen LogP contribution is -2.43. The van der Waals surface area contributed by atoms with Crippen molar-refractivity contribution in [3.05, 3.63) is 64.7 Å². The van der Waals surface area contributed by atoms with Crippen molar-refractivity contribution in [1.29, 1.82) is 0 Å². The van der Waals surface area contributed by atoms with Crippen LogP contribution in [-0.4, -0.2) is 30.0 Å². The lowest BCUT2D eigenvalue weighted by atomic mass is 10.0. The second-order valence-corrected chi connectivity index (χ2v) is 9.12. The highest BCUT2D eigenvalue weighted by Gasteiger charge is 2.35. The molecule has 5 nitrogen and oxygen atoms in total. The van der Waals surface area contributed by atoms with Crippen molar-refractivity contribution in [2.45, 2.75) is 59.7 Å². The number of allylic oxidation sites excluding steroid dienone is 1. The molecule has 0 radical (unpaired) electrons. The third kappa shape index (κ3) is 6.71. The quantitative estimate of drug-likeness (QED) is 0.349. The summed E-state index contributed by atoms with van der Waals surface area (Å²) >= 11 is 0. The van der Waals surface area contributed by atoms with Gasteiger partial charge in [0, 0.05) is 18.3 Å². The monoisotopic (exact) mass is 423 g/mol. The van der Waals surface area contributed by atoms with E-state index in [9.17, 15) is 9.59 Å². The van der Waals surface area contributed by atoms with Gasteiger partial charge in [0.25, 0.3) is 0 Å². The van der Waals surface area contributed by atoms with Gasteiger partial charge in [-0.05, 0) is 108 Å². The molecule has 0 aliphatic rings. The van der Waals surface area contributed by atoms with E-state index in [0.29, 0.717) is 11.3 Å². The van der Waals surface area contributed by atoms with Gasteiger partial charge in [-0.3, -0.25) is 4.79 Å². The van der Waals surface area contributed by atoms with Crippen LogP contribution in [0.3, 0.4) is 0 Å². The number of ketones is 1. The number of nitrogens with one attached hydrogen (secondary N) is 1.